The lowest BCUT2D eigenvalue weighted by molar-refractivity contribution is -0.137. The molecule has 174 valence electrons. The Labute approximate surface area is 183 Å². The number of sulfonamides is 1. The predicted octanol–water partition coefficient (Wildman–Crippen LogP) is 2.82. The topological polar surface area (TPSA) is 116 Å². The van der Waals surface area contributed by atoms with Crippen LogP contribution in [-0.4, -0.2) is 54.5 Å². The normalized spacial score (nSPS) is 13.8. The van der Waals surface area contributed by atoms with Gasteiger partial charge in [0.15, 0.2) is 0 Å². The van der Waals surface area contributed by atoms with Gasteiger partial charge < -0.3 is 16.0 Å². The van der Waals surface area contributed by atoms with Gasteiger partial charge in [-0.15, -0.1) is 0 Å². The van der Waals surface area contributed by atoms with Crippen molar-refractivity contribution in [2.24, 2.45) is 0 Å². The van der Waals surface area contributed by atoms with Crippen LogP contribution < -0.4 is 16.0 Å². The minimum absolute atomic E-state index is 0.0295. The van der Waals surface area contributed by atoms with Crippen LogP contribution in [0.4, 0.5) is 36.3 Å². The van der Waals surface area contributed by atoms with Crippen molar-refractivity contribution in [3.8, 4) is 0 Å². The highest BCUT2D eigenvalue weighted by molar-refractivity contribution is 7.89. The molecule has 0 spiro atoms. The summed E-state index contributed by atoms with van der Waals surface area (Å²) in [6.45, 7) is 1.62. The number of anilines is 4. The number of alkyl halides is 3. The maximum atomic E-state index is 13.4. The fourth-order valence-electron chi connectivity index (χ4n) is 3.11. The summed E-state index contributed by atoms with van der Waals surface area (Å²) in [6, 6.07) is 5.01. The third kappa shape index (κ3) is 5.65. The number of rotatable bonds is 9. The molecule has 0 radical (unpaired) electrons. The molecular weight excluding hydrogens is 449 g/mol. The van der Waals surface area contributed by atoms with Crippen LogP contribution in [0.1, 0.15) is 24.5 Å². The van der Waals surface area contributed by atoms with Crippen LogP contribution in [0.25, 0.3) is 0 Å². The lowest BCUT2D eigenvalue weighted by Crippen LogP contribution is -2.33. The van der Waals surface area contributed by atoms with Gasteiger partial charge in [0, 0.05) is 37.7 Å². The maximum absolute atomic E-state index is 13.4. The number of nitrogens with one attached hydrogen (secondary N) is 3. The highest BCUT2D eigenvalue weighted by Crippen LogP contribution is 2.34. The van der Waals surface area contributed by atoms with Crippen LogP contribution in [0.15, 0.2) is 24.4 Å². The van der Waals surface area contributed by atoms with E-state index in [9.17, 15) is 26.4 Å². The first-order chi connectivity index (χ1) is 15.0. The molecule has 2 aromatic rings. The predicted molar refractivity (Wildman–Crippen MR) is 114 cm³/mol. The maximum Gasteiger partial charge on any atom is 0.421 e. The van der Waals surface area contributed by atoms with Gasteiger partial charge in [-0.25, -0.2) is 17.7 Å². The first-order valence-electron chi connectivity index (χ1n) is 9.81. The van der Waals surface area contributed by atoms with Crippen molar-refractivity contribution in [3.05, 3.63) is 35.5 Å². The molecule has 13 heteroatoms. The summed E-state index contributed by atoms with van der Waals surface area (Å²) in [5, 5.41) is 8.09. The number of hydrogen-bond acceptors (Lipinski definition) is 7. The Morgan fingerprint density at radius 2 is 2.03 bits per heavy atom. The summed E-state index contributed by atoms with van der Waals surface area (Å²) in [5.74, 6) is -0.722. The second-order valence-electron chi connectivity index (χ2n) is 7.24. The third-order valence-corrected chi connectivity index (χ3v) is 6.79. The number of carbonyl (C=O) groups excluding carboxylic acids is 1. The molecule has 0 saturated carbocycles. The van der Waals surface area contributed by atoms with E-state index in [1.165, 1.54) is 7.05 Å². The molecule has 0 bridgehead atoms. The first-order valence-corrected chi connectivity index (χ1v) is 11.4. The van der Waals surface area contributed by atoms with Crippen LogP contribution in [0, 0.1) is 0 Å². The zero-order valence-electron chi connectivity index (χ0n) is 17.5. The Bertz CT molecular complexity index is 1110. The van der Waals surface area contributed by atoms with Gasteiger partial charge in [0.2, 0.25) is 21.9 Å². The highest BCUT2D eigenvalue weighted by Gasteiger charge is 2.35. The van der Waals surface area contributed by atoms with E-state index in [0.717, 1.165) is 9.87 Å². The molecular formula is C19H23F3N6O3S. The first kappa shape index (κ1) is 23.7. The van der Waals surface area contributed by atoms with Crippen LogP contribution in [0.2, 0.25) is 0 Å². The molecule has 9 nitrogen and oxygen atoms in total. The SMILES string of the molecule is CCCS(=O)(=O)N(C)CCNc1nc(Nc2ccc3c(c2)CC(=O)N3)ncc1C(F)(F)F. The van der Waals surface area contributed by atoms with Gasteiger partial charge in [-0.2, -0.15) is 18.2 Å². The van der Waals surface area contributed by atoms with Crippen LogP contribution in [0.5, 0.6) is 0 Å². The summed E-state index contributed by atoms with van der Waals surface area (Å²) >= 11 is 0. The number of halogens is 3. The van der Waals surface area contributed by atoms with Crippen LogP contribution in [-0.2, 0) is 27.4 Å². The number of hydrogen-bond donors (Lipinski definition) is 3. The number of benzene rings is 1. The minimum Gasteiger partial charge on any atom is -0.368 e. The third-order valence-electron chi connectivity index (χ3n) is 4.74. The minimum atomic E-state index is -4.69. The Hall–Kier alpha value is -2.93. The number of nitrogens with zero attached hydrogens (tertiary/aromatic N) is 3. The Morgan fingerprint density at radius 3 is 2.72 bits per heavy atom. The second-order valence-corrected chi connectivity index (χ2v) is 9.44. The van der Waals surface area contributed by atoms with Crippen LogP contribution in [0.3, 0.4) is 0 Å². The molecule has 1 amide bonds. The fourth-order valence-corrected chi connectivity index (χ4v) is 4.30. The standard InChI is InChI=1S/C19H23F3N6O3S/c1-3-8-32(30,31)28(2)7-6-23-17-14(19(20,21)22)11-24-18(27-17)25-13-4-5-15-12(9-13)10-16(29)26-15/h4-5,9,11H,3,6-8,10H2,1-2H3,(H,26,29)(H2,23,24,25,27). The van der Waals surface area contributed by atoms with Crippen LogP contribution >= 0.6 is 0 Å². The highest BCUT2D eigenvalue weighted by atomic mass is 32.2. The summed E-state index contributed by atoms with van der Waals surface area (Å²) in [4.78, 5) is 19.2. The van der Waals surface area contributed by atoms with E-state index in [1.54, 1.807) is 25.1 Å². The molecule has 1 aromatic heterocycles. The van der Waals surface area contributed by atoms with Crippen molar-refractivity contribution >= 4 is 39.1 Å². The quantitative estimate of drug-likeness (QED) is 0.514. The second kappa shape index (κ2) is 9.28. The van der Waals surface area contributed by atoms with Gasteiger partial charge in [-0.3, -0.25) is 4.79 Å². The van der Waals surface area contributed by atoms with Gasteiger partial charge in [0.25, 0.3) is 0 Å². The van der Waals surface area contributed by atoms with E-state index < -0.39 is 27.6 Å². The monoisotopic (exact) mass is 472 g/mol. The van der Waals surface area contributed by atoms with Gasteiger partial charge in [-0.1, -0.05) is 6.92 Å². The van der Waals surface area contributed by atoms with E-state index in [0.29, 0.717) is 24.0 Å². The van der Waals surface area contributed by atoms with Crippen molar-refractivity contribution in [2.45, 2.75) is 25.9 Å². The zero-order valence-corrected chi connectivity index (χ0v) is 18.3. The Morgan fingerprint density at radius 1 is 1.28 bits per heavy atom. The van der Waals surface area contributed by atoms with Crippen molar-refractivity contribution in [1.29, 1.82) is 0 Å². The van der Waals surface area contributed by atoms with E-state index in [-0.39, 0.29) is 37.1 Å². The molecule has 1 aromatic carbocycles. The average molecular weight is 472 g/mol. The summed E-state index contributed by atoms with van der Waals surface area (Å²) in [7, 11) is -2.09. The van der Waals surface area contributed by atoms with E-state index in [1.807, 2.05) is 0 Å². The summed E-state index contributed by atoms with van der Waals surface area (Å²) in [6.07, 6.45) is -3.39. The molecule has 0 atom stereocenters. The van der Waals surface area contributed by atoms with Crippen molar-refractivity contribution in [1.82, 2.24) is 14.3 Å². The number of aromatic nitrogens is 2. The molecule has 3 rings (SSSR count). The molecule has 0 unspecified atom stereocenters. The molecule has 0 saturated heterocycles. The van der Waals surface area contributed by atoms with Gasteiger partial charge >= 0.3 is 6.18 Å². The molecule has 1 aliphatic rings. The number of carbonyl (C=O) groups is 1. The lowest BCUT2D eigenvalue weighted by atomic mass is 10.1. The van der Waals surface area contributed by atoms with Crippen molar-refractivity contribution in [2.75, 3.05) is 41.8 Å². The van der Waals surface area contributed by atoms with E-state index in [4.69, 9.17) is 0 Å². The van der Waals surface area contributed by atoms with Gasteiger partial charge in [0.05, 0.1) is 12.2 Å². The number of amides is 1. The largest absolute Gasteiger partial charge is 0.421 e. The Kier molecular flexibility index (Phi) is 6.88. The smallest absolute Gasteiger partial charge is 0.368 e. The molecule has 0 fully saturated rings. The molecule has 0 aliphatic carbocycles. The van der Waals surface area contributed by atoms with Crippen molar-refractivity contribution in [3.63, 3.8) is 0 Å². The molecule has 1 aliphatic heterocycles. The Balaban J connectivity index is 1.75. The number of fused-ring (bicyclic) bond motifs is 1. The molecule has 3 N–H and O–H groups in total. The summed E-state index contributed by atoms with van der Waals surface area (Å²) in [5.41, 5.74) is 0.877. The lowest BCUT2D eigenvalue weighted by Gasteiger charge is -2.19. The van der Waals surface area contributed by atoms with Gasteiger partial charge in [0.1, 0.15) is 11.4 Å². The molecule has 32 heavy (non-hydrogen) atoms. The fraction of sp³-hybridized carbons (Fsp3) is 0.421. The summed E-state index contributed by atoms with van der Waals surface area (Å²) < 4.78 is 65.3. The van der Waals surface area contributed by atoms with E-state index >= 15 is 0 Å². The zero-order chi connectivity index (χ0) is 23.5. The van der Waals surface area contributed by atoms with E-state index in [2.05, 4.69) is 25.9 Å². The van der Waals surface area contributed by atoms with Crippen molar-refractivity contribution < 1.29 is 26.4 Å². The van der Waals surface area contributed by atoms with Gasteiger partial charge in [-0.05, 0) is 30.2 Å². The number of likely N-dealkylation sites (N-methyl/N-ethyl adjacent to an activating group) is 1. The molecule has 2 heterocycles. The average Bonchev–Trinajstić information content (AvgIpc) is 3.06.